The van der Waals surface area contributed by atoms with E-state index in [0.29, 0.717) is 5.56 Å². The molecule has 3 heterocycles. The van der Waals surface area contributed by atoms with Gasteiger partial charge in [-0.15, -0.1) is 0 Å². The van der Waals surface area contributed by atoms with E-state index in [1.165, 1.54) is 30.3 Å². The summed E-state index contributed by atoms with van der Waals surface area (Å²) >= 11 is 0. The van der Waals surface area contributed by atoms with Crippen LogP contribution in [0.2, 0.25) is 0 Å². The largest absolute Gasteiger partial charge is 0.508 e. The lowest BCUT2D eigenvalue weighted by Gasteiger charge is -2.43. The second-order valence-corrected chi connectivity index (χ2v) is 10.4. The first-order valence-corrected chi connectivity index (χ1v) is 13.1. The van der Waals surface area contributed by atoms with E-state index >= 15 is 0 Å². The van der Waals surface area contributed by atoms with Crippen LogP contribution in [0.4, 0.5) is 0 Å². The maximum absolute atomic E-state index is 13.8. The number of ether oxygens (including phenoxy) is 4. The van der Waals surface area contributed by atoms with Crippen LogP contribution in [-0.2, 0) is 28.5 Å². The minimum Gasteiger partial charge on any atom is -0.508 e. The van der Waals surface area contributed by atoms with E-state index in [0.717, 1.165) is 6.08 Å². The maximum Gasteiger partial charge on any atom is 0.294 e. The highest BCUT2D eigenvalue weighted by atomic mass is 16.8. The Bertz CT molecular complexity index is 1350. The molecule has 2 saturated heterocycles. The predicted octanol–water partition coefficient (Wildman–Crippen LogP) is -3.99. The Labute approximate surface area is 242 Å². The first-order chi connectivity index (χ1) is 20.3. The lowest BCUT2D eigenvalue weighted by Crippen LogP contribution is -2.62. The van der Waals surface area contributed by atoms with Gasteiger partial charge in [0.2, 0.25) is 5.78 Å². The lowest BCUT2D eigenvalue weighted by molar-refractivity contribution is -0.349. The van der Waals surface area contributed by atoms with Crippen molar-refractivity contribution in [3.05, 3.63) is 58.6 Å². The fourth-order valence-electron chi connectivity index (χ4n) is 5.31. The third-order valence-electron chi connectivity index (χ3n) is 7.69. The smallest absolute Gasteiger partial charge is 0.294 e. The molecule has 3 aliphatic heterocycles. The number of carbonyl (C=O) groups is 2. The molecule has 234 valence electrons. The van der Waals surface area contributed by atoms with Gasteiger partial charge in [0, 0.05) is 0 Å². The highest BCUT2D eigenvalue weighted by Crippen LogP contribution is 2.48. The van der Waals surface area contributed by atoms with E-state index < -0.39 is 114 Å². The highest BCUT2D eigenvalue weighted by molar-refractivity contribution is 6.28. The molecule has 1 aromatic carbocycles. The Morgan fingerprint density at radius 2 is 1.49 bits per heavy atom. The third kappa shape index (κ3) is 5.15. The number of phenolic OH excluding ortho intramolecular Hbond substituents is 1. The number of ketones is 2. The highest BCUT2D eigenvalue weighted by Gasteiger charge is 2.64. The molecule has 0 saturated carbocycles. The molecule has 0 aromatic heterocycles. The standard InChI is InChI=1S/C27H30O16/c28-7-12-17(33)20(36)23-22(40-12)15-18(34)14(11(31)6-3-9-1-4-10(30)5-2-9)24(38)27(39,25(15)42-23)43-26-21(37)19(35)16(32)13(8-29)41-26/h1-6,12-13,16-17,19-23,26,28-30,32-37,39H,7-8H2/b6-3+/t12-,13+,16+,17+,19-,20+,21+,22+,23-,26-,27+/m0/s1. The zero-order valence-corrected chi connectivity index (χ0v) is 22.1. The van der Waals surface area contributed by atoms with Gasteiger partial charge in [-0.05, 0) is 23.8 Å². The maximum atomic E-state index is 13.8. The molecule has 2 fully saturated rings. The summed E-state index contributed by atoms with van der Waals surface area (Å²) in [6.07, 6.45) is -15.7. The summed E-state index contributed by atoms with van der Waals surface area (Å²) in [7, 11) is 0. The molecule has 16 nitrogen and oxygen atoms in total. The summed E-state index contributed by atoms with van der Waals surface area (Å²) in [6, 6.07) is 5.51. The topological polar surface area (TPSA) is 273 Å². The number of aromatic hydroxyl groups is 1. The van der Waals surface area contributed by atoms with Crippen molar-refractivity contribution >= 4 is 17.6 Å². The van der Waals surface area contributed by atoms with Gasteiger partial charge >= 0.3 is 0 Å². The molecule has 1 aromatic rings. The number of phenols is 1. The summed E-state index contributed by atoms with van der Waals surface area (Å²) in [5, 5.41) is 103. The zero-order chi connectivity index (χ0) is 31.4. The number of aliphatic hydroxyl groups is 9. The normalized spacial score (nSPS) is 39.6. The van der Waals surface area contributed by atoms with Crippen LogP contribution in [0.1, 0.15) is 5.56 Å². The monoisotopic (exact) mass is 610 g/mol. The van der Waals surface area contributed by atoms with Gasteiger partial charge < -0.3 is 70.0 Å². The van der Waals surface area contributed by atoms with E-state index in [1.807, 2.05) is 0 Å². The Balaban J connectivity index is 1.58. The molecular formula is C27H30O16. The van der Waals surface area contributed by atoms with Crippen LogP contribution in [-0.4, -0.2) is 143 Å². The molecule has 4 aliphatic rings. The molecule has 0 spiro atoms. The second-order valence-electron chi connectivity index (χ2n) is 10.4. The average Bonchev–Trinajstić information content (AvgIpc) is 3.39. The molecular weight excluding hydrogens is 580 g/mol. The van der Waals surface area contributed by atoms with E-state index in [4.69, 9.17) is 18.9 Å². The molecule has 1 aliphatic carbocycles. The first kappa shape index (κ1) is 31.2. The van der Waals surface area contributed by atoms with Gasteiger partial charge in [-0.3, -0.25) is 9.59 Å². The first-order valence-electron chi connectivity index (χ1n) is 13.1. The minimum absolute atomic E-state index is 0.0575. The SMILES string of the molecule is O=C(/C=C/c1ccc(O)cc1)C1=C(O)C2=C(O[C@H]3[C@H](O)[C@H](O)[C@H](CO)O[C@H]23)[C@](O)(O[C@@H]2O[C@H](CO)[C@@H](O)[C@H](O)[C@H]2O)C1=O. The van der Waals surface area contributed by atoms with Crippen molar-refractivity contribution in [3.63, 3.8) is 0 Å². The Morgan fingerprint density at radius 1 is 0.884 bits per heavy atom. The molecule has 11 atom stereocenters. The van der Waals surface area contributed by atoms with Gasteiger partial charge in [0.1, 0.15) is 65.9 Å². The number of hydrogen-bond donors (Lipinski definition) is 10. The van der Waals surface area contributed by atoms with Crippen LogP contribution in [0.5, 0.6) is 5.75 Å². The minimum atomic E-state index is -3.41. The fourth-order valence-corrected chi connectivity index (χ4v) is 5.31. The average molecular weight is 611 g/mol. The summed E-state index contributed by atoms with van der Waals surface area (Å²) in [5.74, 6) is -8.23. The number of allylic oxidation sites excluding steroid dienone is 1. The molecule has 43 heavy (non-hydrogen) atoms. The molecule has 0 radical (unpaired) electrons. The van der Waals surface area contributed by atoms with Crippen molar-refractivity contribution in [1.29, 1.82) is 0 Å². The van der Waals surface area contributed by atoms with Gasteiger partial charge in [-0.25, -0.2) is 0 Å². The molecule has 0 unspecified atom stereocenters. The van der Waals surface area contributed by atoms with E-state index in [1.54, 1.807) is 0 Å². The van der Waals surface area contributed by atoms with Gasteiger partial charge in [0.05, 0.1) is 18.8 Å². The van der Waals surface area contributed by atoms with Crippen LogP contribution >= 0.6 is 0 Å². The molecule has 10 N–H and O–H groups in total. The van der Waals surface area contributed by atoms with Gasteiger partial charge in [0.25, 0.3) is 5.79 Å². The van der Waals surface area contributed by atoms with E-state index in [9.17, 15) is 60.7 Å². The summed E-state index contributed by atoms with van der Waals surface area (Å²) in [4.78, 5) is 27.1. The van der Waals surface area contributed by atoms with E-state index in [-0.39, 0.29) is 5.75 Å². The van der Waals surface area contributed by atoms with E-state index in [2.05, 4.69) is 0 Å². The molecule has 5 rings (SSSR count). The quantitative estimate of drug-likeness (QED) is 0.0800. The summed E-state index contributed by atoms with van der Waals surface area (Å²) in [6.45, 7) is -1.70. The van der Waals surface area contributed by atoms with Crippen molar-refractivity contribution < 1.29 is 79.6 Å². The van der Waals surface area contributed by atoms with Gasteiger partial charge in [-0.2, -0.15) is 0 Å². The van der Waals surface area contributed by atoms with Crippen molar-refractivity contribution in [2.75, 3.05) is 13.2 Å². The van der Waals surface area contributed by atoms with Gasteiger partial charge in [0.15, 0.2) is 23.9 Å². The number of benzene rings is 1. The van der Waals surface area contributed by atoms with Crippen molar-refractivity contribution in [2.24, 2.45) is 0 Å². The number of carbonyl (C=O) groups excluding carboxylic acids is 2. The van der Waals surface area contributed by atoms with Crippen LogP contribution in [0.3, 0.4) is 0 Å². The van der Waals surface area contributed by atoms with Crippen LogP contribution in [0.15, 0.2) is 53.0 Å². The third-order valence-corrected chi connectivity index (χ3v) is 7.69. The zero-order valence-electron chi connectivity index (χ0n) is 22.1. The number of aliphatic hydroxyl groups excluding tert-OH is 8. The Morgan fingerprint density at radius 3 is 2.12 bits per heavy atom. The molecule has 0 amide bonds. The summed E-state index contributed by atoms with van der Waals surface area (Å²) in [5.41, 5.74) is -1.23. The fraction of sp³-hybridized carbons (Fsp3) is 0.481. The number of fused-ring (bicyclic) bond motifs is 2. The second kappa shape index (κ2) is 11.7. The lowest BCUT2D eigenvalue weighted by atomic mass is 9.83. The molecule has 0 bridgehead atoms. The van der Waals surface area contributed by atoms with Crippen molar-refractivity contribution in [2.45, 2.75) is 67.0 Å². The number of hydrogen-bond acceptors (Lipinski definition) is 16. The number of rotatable bonds is 7. The molecule has 16 heteroatoms. The van der Waals surface area contributed by atoms with Crippen LogP contribution in [0.25, 0.3) is 6.08 Å². The Hall–Kier alpha value is -3.26. The van der Waals surface area contributed by atoms with Crippen LogP contribution < -0.4 is 0 Å². The van der Waals surface area contributed by atoms with Crippen LogP contribution in [0, 0.1) is 0 Å². The Kier molecular flexibility index (Phi) is 8.47. The predicted molar refractivity (Wildman–Crippen MR) is 136 cm³/mol. The van der Waals surface area contributed by atoms with Gasteiger partial charge in [-0.1, -0.05) is 18.2 Å². The van der Waals surface area contributed by atoms with Crippen molar-refractivity contribution in [3.8, 4) is 5.75 Å². The van der Waals surface area contributed by atoms with Crippen molar-refractivity contribution in [1.82, 2.24) is 0 Å². The summed E-state index contributed by atoms with van der Waals surface area (Å²) < 4.78 is 21.8. The number of Topliss-reactive ketones (excluding diaryl/α,β-unsaturated/α-hetero) is 1.